The van der Waals surface area contributed by atoms with Gasteiger partial charge in [0.1, 0.15) is 11.4 Å². The van der Waals surface area contributed by atoms with Gasteiger partial charge in [-0.05, 0) is 18.9 Å². The number of hydrogen-bond acceptors (Lipinski definition) is 2. The molecule has 1 heterocycles. The molecule has 1 saturated heterocycles. The Morgan fingerprint density at radius 3 is 2.50 bits per heavy atom. The van der Waals surface area contributed by atoms with Crippen LogP contribution in [0.4, 0.5) is 4.39 Å². The summed E-state index contributed by atoms with van der Waals surface area (Å²) in [4.78, 5) is 25.9. The lowest BCUT2D eigenvalue weighted by Crippen LogP contribution is -2.66. The number of halogens is 1. The third-order valence-electron chi connectivity index (χ3n) is 4.10. The van der Waals surface area contributed by atoms with Crippen LogP contribution in [0.15, 0.2) is 24.3 Å². The Morgan fingerprint density at radius 1 is 1.25 bits per heavy atom. The van der Waals surface area contributed by atoms with Crippen molar-refractivity contribution in [3.63, 3.8) is 0 Å². The number of piperazine rings is 1. The lowest BCUT2D eigenvalue weighted by atomic mass is 9.87. The van der Waals surface area contributed by atoms with E-state index in [9.17, 15) is 14.0 Å². The third kappa shape index (κ3) is 2.28. The van der Waals surface area contributed by atoms with Crippen molar-refractivity contribution in [2.24, 2.45) is 0 Å². The lowest BCUT2D eigenvalue weighted by molar-refractivity contribution is -0.155. The summed E-state index contributed by atoms with van der Waals surface area (Å²) in [6, 6.07) is 6.34. The van der Waals surface area contributed by atoms with Crippen molar-refractivity contribution < 1.29 is 14.0 Å². The number of carbonyl (C=O) groups excluding carboxylic acids is 2. The number of hydrogen-bond donors (Lipinski definition) is 1. The summed E-state index contributed by atoms with van der Waals surface area (Å²) in [5.41, 5.74) is -0.445. The number of amides is 2. The van der Waals surface area contributed by atoms with Gasteiger partial charge in [-0.2, -0.15) is 0 Å². The van der Waals surface area contributed by atoms with E-state index in [4.69, 9.17) is 0 Å². The molecule has 20 heavy (non-hydrogen) atoms. The normalized spacial score (nSPS) is 18.1. The molecule has 0 unspecified atom stereocenters. The maximum Gasteiger partial charge on any atom is 0.246 e. The van der Waals surface area contributed by atoms with E-state index in [1.165, 1.54) is 11.0 Å². The smallest absolute Gasteiger partial charge is 0.246 e. The lowest BCUT2D eigenvalue weighted by Gasteiger charge is -2.45. The second-order valence-electron chi connectivity index (χ2n) is 4.99. The van der Waals surface area contributed by atoms with Crippen molar-refractivity contribution in [3.05, 3.63) is 35.6 Å². The number of benzene rings is 1. The van der Waals surface area contributed by atoms with E-state index in [1.54, 1.807) is 18.2 Å². The Bertz CT molecular complexity index is 526. The van der Waals surface area contributed by atoms with E-state index in [0.29, 0.717) is 18.4 Å². The van der Waals surface area contributed by atoms with Crippen LogP contribution in [-0.2, 0) is 16.1 Å². The van der Waals surface area contributed by atoms with Crippen LogP contribution < -0.4 is 5.32 Å². The Hall–Kier alpha value is -1.91. The molecule has 0 aromatic heterocycles. The molecule has 1 aliphatic rings. The van der Waals surface area contributed by atoms with Gasteiger partial charge < -0.3 is 10.2 Å². The van der Waals surface area contributed by atoms with Crippen LogP contribution in [-0.4, -0.2) is 28.8 Å². The SMILES string of the molecule is CCC1(CC)C(=O)NCC(=O)N1Cc1ccccc1F. The summed E-state index contributed by atoms with van der Waals surface area (Å²) < 4.78 is 13.8. The van der Waals surface area contributed by atoms with Crippen LogP contribution in [0.2, 0.25) is 0 Å². The van der Waals surface area contributed by atoms with Crippen molar-refractivity contribution in [2.75, 3.05) is 6.54 Å². The average molecular weight is 278 g/mol. The van der Waals surface area contributed by atoms with E-state index in [0.717, 1.165) is 0 Å². The molecule has 1 aromatic rings. The van der Waals surface area contributed by atoms with Crippen LogP contribution >= 0.6 is 0 Å². The minimum Gasteiger partial charge on any atom is -0.345 e. The molecular weight excluding hydrogens is 259 g/mol. The van der Waals surface area contributed by atoms with Crippen molar-refractivity contribution in [3.8, 4) is 0 Å². The molecule has 5 heteroatoms. The summed E-state index contributed by atoms with van der Waals surface area (Å²) in [6.07, 6.45) is 1.02. The summed E-state index contributed by atoms with van der Waals surface area (Å²) in [5, 5.41) is 2.63. The van der Waals surface area contributed by atoms with Gasteiger partial charge in [0.05, 0.1) is 6.54 Å². The minimum atomic E-state index is -0.877. The molecule has 0 spiro atoms. The minimum absolute atomic E-state index is 0.0188. The van der Waals surface area contributed by atoms with Gasteiger partial charge in [0.15, 0.2) is 0 Å². The number of nitrogens with zero attached hydrogens (tertiary/aromatic N) is 1. The Morgan fingerprint density at radius 2 is 1.90 bits per heavy atom. The average Bonchev–Trinajstić information content (AvgIpc) is 2.46. The monoisotopic (exact) mass is 278 g/mol. The van der Waals surface area contributed by atoms with Crippen LogP contribution in [0.25, 0.3) is 0 Å². The van der Waals surface area contributed by atoms with Gasteiger partial charge in [-0.3, -0.25) is 9.59 Å². The molecule has 0 bridgehead atoms. The molecule has 1 fully saturated rings. The highest BCUT2D eigenvalue weighted by Crippen LogP contribution is 2.29. The van der Waals surface area contributed by atoms with E-state index in [-0.39, 0.29) is 30.7 Å². The first-order valence-corrected chi connectivity index (χ1v) is 6.87. The second kappa shape index (κ2) is 5.61. The van der Waals surface area contributed by atoms with Gasteiger partial charge in [0.25, 0.3) is 0 Å². The molecule has 2 amide bonds. The Labute approximate surface area is 118 Å². The van der Waals surface area contributed by atoms with Gasteiger partial charge in [-0.1, -0.05) is 32.0 Å². The molecular formula is C15H19FN2O2. The molecule has 0 radical (unpaired) electrons. The standard InChI is InChI=1S/C15H19FN2O2/c1-3-15(4-2)14(20)17-9-13(19)18(15)10-11-7-5-6-8-12(11)16/h5-8H,3-4,9-10H2,1-2H3,(H,17,20). The number of nitrogens with one attached hydrogen (secondary N) is 1. The molecule has 108 valence electrons. The molecule has 1 N–H and O–H groups in total. The topological polar surface area (TPSA) is 49.4 Å². The Kier molecular flexibility index (Phi) is 4.06. The maximum atomic E-state index is 13.8. The predicted octanol–water partition coefficient (Wildman–Crippen LogP) is 1.84. The highest BCUT2D eigenvalue weighted by molar-refractivity contribution is 5.97. The fraction of sp³-hybridized carbons (Fsp3) is 0.467. The van der Waals surface area contributed by atoms with Crippen LogP contribution in [0, 0.1) is 5.82 Å². The molecule has 0 saturated carbocycles. The predicted molar refractivity (Wildman–Crippen MR) is 73.3 cm³/mol. The van der Waals surface area contributed by atoms with Gasteiger partial charge >= 0.3 is 0 Å². The van der Waals surface area contributed by atoms with Crippen LogP contribution in [0.3, 0.4) is 0 Å². The van der Waals surface area contributed by atoms with E-state index in [2.05, 4.69) is 5.32 Å². The summed E-state index contributed by atoms with van der Waals surface area (Å²) in [7, 11) is 0. The summed E-state index contributed by atoms with van der Waals surface area (Å²) in [6.45, 7) is 3.85. The fourth-order valence-electron chi connectivity index (χ4n) is 2.77. The largest absolute Gasteiger partial charge is 0.345 e. The third-order valence-corrected chi connectivity index (χ3v) is 4.10. The van der Waals surface area contributed by atoms with E-state index < -0.39 is 5.54 Å². The zero-order valence-electron chi connectivity index (χ0n) is 11.8. The first-order valence-electron chi connectivity index (χ1n) is 6.87. The molecule has 0 aliphatic carbocycles. The van der Waals surface area contributed by atoms with Crippen molar-refractivity contribution in [2.45, 2.75) is 38.8 Å². The summed E-state index contributed by atoms with van der Waals surface area (Å²) in [5.74, 6) is -0.678. The molecule has 2 rings (SSSR count). The molecule has 0 atom stereocenters. The molecule has 1 aliphatic heterocycles. The van der Waals surface area contributed by atoms with Gasteiger partial charge in [0.2, 0.25) is 11.8 Å². The zero-order chi connectivity index (χ0) is 14.8. The second-order valence-corrected chi connectivity index (χ2v) is 4.99. The molecule has 4 nitrogen and oxygen atoms in total. The van der Waals surface area contributed by atoms with Crippen LogP contribution in [0.1, 0.15) is 32.3 Å². The zero-order valence-corrected chi connectivity index (χ0v) is 11.8. The van der Waals surface area contributed by atoms with Gasteiger partial charge in [0, 0.05) is 12.1 Å². The maximum absolute atomic E-state index is 13.8. The quantitative estimate of drug-likeness (QED) is 0.913. The Balaban J connectivity index is 2.37. The molecule has 1 aromatic carbocycles. The number of carbonyl (C=O) groups is 2. The highest BCUT2D eigenvalue weighted by atomic mass is 19.1. The van der Waals surface area contributed by atoms with E-state index >= 15 is 0 Å². The van der Waals surface area contributed by atoms with Crippen molar-refractivity contribution >= 4 is 11.8 Å². The van der Waals surface area contributed by atoms with Crippen molar-refractivity contribution in [1.29, 1.82) is 0 Å². The first-order chi connectivity index (χ1) is 9.55. The van der Waals surface area contributed by atoms with Gasteiger partial charge in [-0.15, -0.1) is 0 Å². The van der Waals surface area contributed by atoms with E-state index in [1.807, 2.05) is 13.8 Å². The van der Waals surface area contributed by atoms with Gasteiger partial charge in [-0.25, -0.2) is 4.39 Å². The fourth-order valence-corrected chi connectivity index (χ4v) is 2.77. The highest BCUT2D eigenvalue weighted by Gasteiger charge is 2.46. The van der Waals surface area contributed by atoms with Crippen molar-refractivity contribution in [1.82, 2.24) is 10.2 Å². The first kappa shape index (κ1) is 14.5. The van der Waals surface area contributed by atoms with Crippen LogP contribution in [0.5, 0.6) is 0 Å². The number of rotatable bonds is 4. The summed E-state index contributed by atoms with van der Waals surface area (Å²) >= 11 is 0.